The molecule has 0 saturated heterocycles. The zero-order chi connectivity index (χ0) is 16.1. The SMILES string of the molecule is CCCCCC1=CC/C(=C\c2ccc(Cl)c([N+](=O)[O-])c2)C1=O. The Morgan fingerprint density at radius 3 is 2.82 bits per heavy atom. The summed E-state index contributed by atoms with van der Waals surface area (Å²) in [4.78, 5) is 22.7. The quantitative estimate of drug-likeness (QED) is 0.317. The summed E-state index contributed by atoms with van der Waals surface area (Å²) in [6.45, 7) is 2.13. The molecular weight excluding hydrogens is 302 g/mol. The number of hydrogen-bond donors (Lipinski definition) is 0. The van der Waals surface area contributed by atoms with Gasteiger partial charge in [0.1, 0.15) is 5.02 Å². The number of hydrogen-bond acceptors (Lipinski definition) is 3. The molecule has 116 valence electrons. The van der Waals surface area contributed by atoms with Crippen LogP contribution in [0.1, 0.15) is 44.6 Å². The van der Waals surface area contributed by atoms with Gasteiger partial charge in [-0.3, -0.25) is 14.9 Å². The van der Waals surface area contributed by atoms with Gasteiger partial charge in [0.05, 0.1) is 4.92 Å². The Kier molecular flexibility index (Phi) is 5.50. The molecule has 0 bridgehead atoms. The first kappa shape index (κ1) is 16.4. The lowest BCUT2D eigenvalue weighted by molar-refractivity contribution is -0.384. The summed E-state index contributed by atoms with van der Waals surface area (Å²) in [5.41, 5.74) is 2.03. The number of carbonyl (C=O) groups excluding carboxylic acids is 1. The lowest BCUT2D eigenvalue weighted by atomic mass is 10.0. The van der Waals surface area contributed by atoms with Gasteiger partial charge in [-0.1, -0.05) is 43.5 Å². The number of nitro benzene ring substituents is 1. The minimum Gasteiger partial charge on any atom is -0.289 e. The fraction of sp³-hybridized carbons (Fsp3) is 0.353. The molecule has 0 heterocycles. The van der Waals surface area contributed by atoms with E-state index < -0.39 is 4.92 Å². The second-order valence-corrected chi connectivity index (χ2v) is 5.76. The third kappa shape index (κ3) is 3.83. The maximum atomic E-state index is 12.3. The molecule has 0 spiro atoms. The molecule has 1 aliphatic carbocycles. The minimum absolute atomic E-state index is 0.0636. The van der Waals surface area contributed by atoms with E-state index in [1.54, 1.807) is 12.1 Å². The third-order valence-corrected chi connectivity index (χ3v) is 4.03. The number of halogens is 1. The minimum atomic E-state index is -0.519. The van der Waals surface area contributed by atoms with Crippen molar-refractivity contribution in [1.82, 2.24) is 0 Å². The van der Waals surface area contributed by atoms with Crippen LogP contribution in [-0.2, 0) is 4.79 Å². The third-order valence-electron chi connectivity index (χ3n) is 3.71. The average molecular weight is 320 g/mol. The molecule has 0 aliphatic heterocycles. The van der Waals surface area contributed by atoms with Gasteiger partial charge < -0.3 is 0 Å². The van der Waals surface area contributed by atoms with Crippen molar-refractivity contribution in [2.75, 3.05) is 0 Å². The number of ketones is 1. The van der Waals surface area contributed by atoms with Crippen LogP contribution in [0.3, 0.4) is 0 Å². The largest absolute Gasteiger partial charge is 0.289 e. The molecule has 0 aromatic heterocycles. The molecule has 1 aromatic carbocycles. The summed E-state index contributed by atoms with van der Waals surface area (Å²) in [7, 11) is 0. The van der Waals surface area contributed by atoms with E-state index in [-0.39, 0.29) is 16.5 Å². The summed E-state index contributed by atoms with van der Waals surface area (Å²) >= 11 is 5.79. The van der Waals surface area contributed by atoms with E-state index in [0.717, 1.165) is 31.3 Å². The molecule has 22 heavy (non-hydrogen) atoms. The van der Waals surface area contributed by atoms with Gasteiger partial charge in [-0.05, 0) is 42.5 Å². The number of unbranched alkanes of at least 4 members (excludes halogenated alkanes) is 2. The van der Waals surface area contributed by atoms with E-state index in [2.05, 4.69) is 6.92 Å². The maximum Gasteiger partial charge on any atom is 0.288 e. The van der Waals surface area contributed by atoms with Crippen LogP contribution in [-0.4, -0.2) is 10.7 Å². The number of benzene rings is 1. The molecule has 0 N–H and O–H groups in total. The summed E-state index contributed by atoms with van der Waals surface area (Å²) in [5, 5.41) is 11.0. The van der Waals surface area contributed by atoms with Crippen molar-refractivity contribution in [3.8, 4) is 0 Å². The number of nitro groups is 1. The molecule has 0 radical (unpaired) electrons. The van der Waals surface area contributed by atoms with Gasteiger partial charge in [0.25, 0.3) is 5.69 Å². The van der Waals surface area contributed by atoms with Crippen LogP contribution >= 0.6 is 11.6 Å². The van der Waals surface area contributed by atoms with Crippen LogP contribution in [0.25, 0.3) is 6.08 Å². The number of Topliss-reactive ketones (excluding diaryl/α,β-unsaturated/α-hetero) is 1. The molecular formula is C17H18ClNO3. The van der Waals surface area contributed by atoms with Gasteiger partial charge in [-0.15, -0.1) is 0 Å². The van der Waals surface area contributed by atoms with Gasteiger partial charge in [-0.2, -0.15) is 0 Å². The van der Waals surface area contributed by atoms with Gasteiger partial charge in [0.2, 0.25) is 0 Å². The van der Waals surface area contributed by atoms with E-state index in [0.29, 0.717) is 17.6 Å². The van der Waals surface area contributed by atoms with Crippen molar-refractivity contribution in [2.24, 2.45) is 0 Å². The molecule has 0 saturated carbocycles. The van der Waals surface area contributed by atoms with Crippen LogP contribution in [0.5, 0.6) is 0 Å². The first-order valence-electron chi connectivity index (χ1n) is 7.41. The zero-order valence-electron chi connectivity index (χ0n) is 12.5. The lowest BCUT2D eigenvalue weighted by Crippen LogP contribution is -1.99. The highest BCUT2D eigenvalue weighted by atomic mass is 35.5. The smallest absolute Gasteiger partial charge is 0.288 e. The molecule has 4 nitrogen and oxygen atoms in total. The molecule has 0 unspecified atom stereocenters. The molecule has 0 fully saturated rings. The topological polar surface area (TPSA) is 60.2 Å². The fourth-order valence-electron chi connectivity index (χ4n) is 2.49. The molecule has 0 amide bonds. The highest BCUT2D eigenvalue weighted by molar-refractivity contribution is 6.32. The van der Waals surface area contributed by atoms with Crippen molar-refractivity contribution >= 4 is 29.1 Å². The van der Waals surface area contributed by atoms with Crippen LogP contribution < -0.4 is 0 Å². The second-order valence-electron chi connectivity index (χ2n) is 5.36. The van der Waals surface area contributed by atoms with Crippen molar-refractivity contribution < 1.29 is 9.72 Å². The Labute approximate surface area is 134 Å². The van der Waals surface area contributed by atoms with Gasteiger partial charge in [-0.25, -0.2) is 0 Å². The highest BCUT2D eigenvalue weighted by Gasteiger charge is 2.21. The summed E-state index contributed by atoms with van der Waals surface area (Å²) in [5.74, 6) is 0.0636. The van der Waals surface area contributed by atoms with Crippen molar-refractivity contribution in [3.63, 3.8) is 0 Å². The normalized spacial score (nSPS) is 16.2. The van der Waals surface area contributed by atoms with E-state index >= 15 is 0 Å². The van der Waals surface area contributed by atoms with Gasteiger partial charge >= 0.3 is 0 Å². The molecule has 2 rings (SSSR count). The van der Waals surface area contributed by atoms with Crippen LogP contribution in [0.2, 0.25) is 5.02 Å². The van der Waals surface area contributed by atoms with Gasteiger partial charge in [0.15, 0.2) is 5.78 Å². The Bertz CT molecular complexity index is 662. The Balaban J connectivity index is 2.13. The number of rotatable bonds is 6. The van der Waals surface area contributed by atoms with Crippen molar-refractivity contribution in [3.05, 3.63) is 56.1 Å². The summed E-state index contributed by atoms with van der Waals surface area (Å²) in [6.07, 6.45) is 8.35. The molecule has 0 atom stereocenters. The van der Waals surface area contributed by atoms with E-state index in [1.807, 2.05) is 6.08 Å². The standard InChI is InChI=1S/C17H18ClNO3/c1-2-3-4-5-13-7-8-14(17(13)20)10-12-6-9-15(18)16(11-12)19(21)22/h6-7,9-11H,2-5,8H2,1H3/b14-10+. The van der Waals surface area contributed by atoms with E-state index in [4.69, 9.17) is 11.6 Å². The van der Waals surface area contributed by atoms with Gasteiger partial charge in [0, 0.05) is 11.6 Å². The molecule has 5 heteroatoms. The van der Waals surface area contributed by atoms with Crippen LogP contribution in [0.4, 0.5) is 5.69 Å². The summed E-state index contributed by atoms with van der Waals surface area (Å²) < 4.78 is 0. The first-order valence-corrected chi connectivity index (χ1v) is 7.79. The lowest BCUT2D eigenvalue weighted by Gasteiger charge is -2.02. The fourth-order valence-corrected chi connectivity index (χ4v) is 2.68. The average Bonchev–Trinajstić information content (AvgIpc) is 2.82. The Morgan fingerprint density at radius 2 is 2.14 bits per heavy atom. The monoisotopic (exact) mass is 319 g/mol. The highest BCUT2D eigenvalue weighted by Crippen LogP contribution is 2.29. The number of allylic oxidation sites excluding steroid dienone is 3. The predicted octanol–water partition coefficient (Wildman–Crippen LogP) is 5.11. The number of carbonyl (C=O) groups is 1. The zero-order valence-corrected chi connectivity index (χ0v) is 13.2. The van der Waals surface area contributed by atoms with Crippen molar-refractivity contribution in [1.29, 1.82) is 0 Å². The maximum absolute atomic E-state index is 12.3. The predicted molar refractivity (Wildman–Crippen MR) is 87.9 cm³/mol. The van der Waals surface area contributed by atoms with E-state index in [1.165, 1.54) is 12.1 Å². The second kappa shape index (κ2) is 7.36. The Morgan fingerprint density at radius 1 is 1.36 bits per heavy atom. The first-order chi connectivity index (χ1) is 10.5. The Hall–Kier alpha value is -1.94. The summed E-state index contributed by atoms with van der Waals surface area (Å²) in [6, 6.07) is 4.57. The number of nitrogens with zero attached hydrogens (tertiary/aromatic N) is 1. The molecule has 1 aromatic rings. The van der Waals surface area contributed by atoms with Crippen LogP contribution in [0.15, 0.2) is 35.4 Å². The molecule has 1 aliphatic rings. The van der Waals surface area contributed by atoms with Crippen molar-refractivity contribution in [2.45, 2.75) is 39.0 Å². The van der Waals surface area contributed by atoms with E-state index in [9.17, 15) is 14.9 Å². The van der Waals surface area contributed by atoms with Crippen LogP contribution in [0, 0.1) is 10.1 Å².